The number of alkyl halides is 1. The molecule has 1 unspecified atom stereocenters. The molecule has 1 saturated heterocycles. The Hall–Kier alpha value is -1.07. The third kappa shape index (κ3) is 2.05. The van der Waals surface area contributed by atoms with E-state index in [2.05, 4.69) is 21.6 Å². The van der Waals surface area contributed by atoms with Gasteiger partial charge < -0.3 is 9.30 Å². The summed E-state index contributed by atoms with van der Waals surface area (Å²) >= 11 is 6.04. The summed E-state index contributed by atoms with van der Waals surface area (Å²) in [5, 5.41) is 4.43. The van der Waals surface area contributed by atoms with Crippen LogP contribution in [0, 0.1) is 6.92 Å². The minimum absolute atomic E-state index is 0.118. The van der Waals surface area contributed by atoms with E-state index in [0.29, 0.717) is 5.88 Å². The van der Waals surface area contributed by atoms with E-state index in [-0.39, 0.29) is 5.60 Å². The standard InChI is InChI=1S/C13H19ClN4O/c1-9-11-12(17(3)16-9)18(10(7-14)15-11)8-13(2)5-4-6-19-13/h4-8H2,1-3H3. The Morgan fingerprint density at radius 2 is 2.26 bits per heavy atom. The van der Waals surface area contributed by atoms with Gasteiger partial charge in [-0.25, -0.2) is 4.98 Å². The Morgan fingerprint density at radius 3 is 2.89 bits per heavy atom. The average Bonchev–Trinajstić information content (AvgIpc) is 3.00. The number of halogens is 1. The lowest BCUT2D eigenvalue weighted by Gasteiger charge is -2.24. The van der Waals surface area contributed by atoms with Crippen LogP contribution >= 0.6 is 11.6 Å². The van der Waals surface area contributed by atoms with Crippen molar-refractivity contribution in [3.8, 4) is 0 Å². The lowest BCUT2D eigenvalue weighted by Crippen LogP contribution is -2.30. The fraction of sp³-hybridized carbons (Fsp3) is 0.692. The van der Waals surface area contributed by atoms with Crippen molar-refractivity contribution >= 4 is 22.8 Å². The van der Waals surface area contributed by atoms with Crippen LogP contribution in [-0.4, -0.2) is 31.5 Å². The van der Waals surface area contributed by atoms with Gasteiger partial charge in [0.15, 0.2) is 5.65 Å². The molecule has 104 valence electrons. The van der Waals surface area contributed by atoms with Crippen molar-refractivity contribution < 1.29 is 4.74 Å². The Balaban J connectivity index is 2.10. The third-order valence-corrected chi connectivity index (χ3v) is 4.12. The molecule has 3 rings (SSSR count). The van der Waals surface area contributed by atoms with E-state index in [1.54, 1.807) is 0 Å². The van der Waals surface area contributed by atoms with E-state index in [4.69, 9.17) is 16.3 Å². The molecule has 1 aliphatic rings. The first-order chi connectivity index (χ1) is 9.04. The van der Waals surface area contributed by atoms with Gasteiger partial charge in [0, 0.05) is 13.7 Å². The molecule has 1 atom stereocenters. The normalized spacial score (nSPS) is 23.6. The van der Waals surface area contributed by atoms with Gasteiger partial charge in [-0.3, -0.25) is 4.68 Å². The predicted molar refractivity (Wildman–Crippen MR) is 74.4 cm³/mol. The monoisotopic (exact) mass is 282 g/mol. The summed E-state index contributed by atoms with van der Waals surface area (Å²) in [5.41, 5.74) is 2.80. The minimum Gasteiger partial charge on any atom is -0.373 e. The van der Waals surface area contributed by atoms with E-state index in [1.807, 2.05) is 18.7 Å². The average molecular weight is 283 g/mol. The number of hydrogen-bond donors (Lipinski definition) is 0. The number of rotatable bonds is 3. The molecule has 0 aromatic carbocycles. The van der Waals surface area contributed by atoms with Crippen LogP contribution in [0.15, 0.2) is 0 Å². The van der Waals surface area contributed by atoms with Crippen molar-refractivity contribution in [1.29, 1.82) is 0 Å². The Kier molecular flexibility index (Phi) is 3.06. The first-order valence-corrected chi connectivity index (χ1v) is 7.16. The maximum Gasteiger partial charge on any atom is 0.158 e. The molecular weight excluding hydrogens is 264 g/mol. The first-order valence-electron chi connectivity index (χ1n) is 6.63. The van der Waals surface area contributed by atoms with Gasteiger partial charge in [-0.1, -0.05) is 0 Å². The molecule has 1 aliphatic heterocycles. The lowest BCUT2D eigenvalue weighted by molar-refractivity contribution is 0.00640. The van der Waals surface area contributed by atoms with Crippen LogP contribution in [0.5, 0.6) is 0 Å². The van der Waals surface area contributed by atoms with Crippen LogP contribution in [-0.2, 0) is 24.2 Å². The Bertz CT molecular complexity index is 610. The van der Waals surface area contributed by atoms with Crippen LogP contribution < -0.4 is 0 Å². The van der Waals surface area contributed by atoms with Crippen molar-refractivity contribution in [2.45, 2.75) is 44.7 Å². The fourth-order valence-electron chi connectivity index (χ4n) is 2.94. The molecule has 2 aromatic heterocycles. The van der Waals surface area contributed by atoms with Gasteiger partial charge in [-0.2, -0.15) is 5.10 Å². The molecule has 5 nitrogen and oxygen atoms in total. The van der Waals surface area contributed by atoms with Gasteiger partial charge in [0.2, 0.25) is 0 Å². The number of nitrogens with zero attached hydrogens (tertiary/aromatic N) is 4. The van der Waals surface area contributed by atoms with E-state index in [0.717, 1.165) is 48.7 Å². The summed E-state index contributed by atoms with van der Waals surface area (Å²) in [4.78, 5) is 4.62. The second-order valence-corrected chi connectivity index (χ2v) is 5.80. The van der Waals surface area contributed by atoms with Crippen LogP contribution in [0.3, 0.4) is 0 Å². The van der Waals surface area contributed by atoms with Gasteiger partial charge in [0.25, 0.3) is 0 Å². The molecule has 3 heterocycles. The van der Waals surface area contributed by atoms with Crippen molar-refractivity contribution in [3.05, 3.63) is 11.5 Å². The van der Waals surface area contributed by atoms with E-state index in [9.17, 15) is 0 Å². The third-order valence-electron chi connectivity index (χ3n) is 3.88. The summed E-state index contributed by atoms with van der Waals surface area (Å²) in [6, 6.07) is 0. The maximum absolute atomic E-state index is 6.04. The van der Waals surface area contributed by atoms with Gasteiger partial charge in [-0.05, 0) is 26.7 Å². The molecule has 0 radical (unpaired) electrons. The lowest BCUT2D eigenvalue weighted by atomic mass is 10.0. The first kappa shape index (κ1) is 12.9. The SMILES string of the molecule is Cc1nn(C)c2c1nc(CCl)n2CC1(C)CCCO1. The molecular formula is C13H19ClN4O. The number of imidazole rings is 1. The Morgan fingerprint density at radius 1 is 1.47 bits per heavy atom. The number of aryl methyl sites for hydroxylation is 2. The molecule has 2 aromatic rings. The van der Waals surface area contributed by atoms with Gasteiger partial charge in [0.1, 0.15) is 11.3 Å². The largest absolute Gasteiger partial charge is 0.373 e. The molecule has 0 saturated carbocycles. The van der Waals surface area contributed by atoms with Crippen LogP contribution in [0.2, 0.25) is 0 Å². The quantitative estimate of drug-likeness (QED) is 0.812. The topological polar surface area (TPSA) is 44.9 Å². The second kappa shape index (κ2) is 4.49. The molecule has 0 amide bonds. The molecule has 0 aliphatic carbocycles. The van der Waals surface area contributed by atoms with Gasteiger partial charge in [-0.15, -0.1) is 11.6 Å². The number of ether oxygens (including phenoxy) is 1. The van der Waals surface area contributed by atoms with Crippen molar-refractivity contribution in [3.63, 3.8) is 0 Å². The van der Waals surface area contributed by atoms with Crippen LogP contribution in [0.1, 0.15) is 31.3 Å². The zero-order valence-electron chi connectivity index (χ0n) is 11.6. The van der Waals surface area contributed by atoms with Gasteiger partial charge in [0.05, 0.1) is 23.7 Å². The highest BCUT2D eigenvalue weighted by Crippen LogP contribution is 2.30. The van der Waals surface area contributed by atoms with E-state index < -0.39 is 0 Å². The van der Waals surface area contributed by atoms with Gasteiger partial charge >= 0.3 is 0 Å². The van der Waals surface area contributed by atoms with Crippen molar-refractivity contribution in [2.24, 2.45) is 7.05 Å². The minimum atomic E-state index is -0.118. The van der Waals surface area contributed by atoms with Crippen LogP contribution in [0.25, 0.3) is 11.2 Å². The van der Waals surface area contributed by atoms with Crippen molar-refractivity contribution in [2.75, 3.05) is 6.61 Å². The molecule has 6 heteroatoms. The zero-order valence-corrected chi connectivity index (χ0v) is 12.4. The second-order valence-electron chi connectivity index (χ2n) is 5.53. The number of hydrogen-bond acceptors (Lipinski definition) is 3. The Labute approximate surface area is 117 Å². The molecule has 0 spiro atoms. The van der Waals surface area contributed by atoms with E-state index >= 15 is 0 Å². The van der Waals surface area contributed by atoms with E-state index in [1.165, 1.54) is 0 Å². The highest BCUT2D eigenvalue weighted by atomic mass is 35.5. The molecule has 1 fully saturated rings. The zero-order chi connectivity index (χ0) is 13.6. The summed E-state index contributed by atoms with van der Waals surface area (Å²) in [5.74, 6) is 1.30. The highest BCUT2D eigenvalue weighted by Gasteiger charge is 2.32. The fourth-order valence-corrected chi connectivity index (χ4v) is 3.15. The van der Waals surface area contributed by atoms with Crippen molar-refractivity contribution in [1.82, 2.24) is 19.3 Å². The highest BCUT2D eigenvalue weighted by molar-refractivity contribution is 6.16. The predicted octanol–water partition coefficient (Wildman–Crippen LogP) is 2.39. The smallest absolute Gasteiger partial charge is 0.158 e. The summed E-state index contributed by atoms with van der Waals surface area (Å²) in [6.07, 6.45) is 2.19. The number of aromatic nitrogens is 4. The molecule has 0 bridgehead atoms. The maximum atomic E-state index is 6.04. The summed E-state index contributed by atoms with van der Waals surface area (Å²) < 4.78 is 9.93. The molecule has 19 heavy (non-hydrogen) atoms. The summed E-state index contributed by atoms with van der Waals surface area (Å²) in [6.45, 7) is 5.76. The molecule has 0 N–H and O–H groups in total. The summed E-state index contributed by atoms with van der Waals surface area (Å²) in [7, 11) is 1.95. The number of fused-ring (bicyclic) bond motifs is 1. The van der Waals surface area contributed by atoms with Crippen LogP contribution in [0.4, 0.5) is 0 Å².